The molecule has 0 amide bonds. The van der Waals surface area contributed by atoms with Gasteiger partial charge in [0, 0.05) is 17.3 Å². The molecule has 0 aliphatic rings. The summed E-state index contributed by atoms with van der Waals surface area (Å²) in [5, 5.41) is 11.6. The number of thiophene rings is 1. The zero-order valence-corrected chi connectivity index (χ0v) is 18.6. The van der Waals surface area contributed by atoms with Crippen molar-refractivity contribution < 1.29 is 4.39 Å². The number of nitrogens with zero attached hydrogens (tertiary/aromatic N) is 4. The summed E-state index contributed by atoms with van der Waals surface area (Å²) < 4.78 is 17.6. The highest BCUT2D eigenvalue weighted by Gasteiger charge is 2.18. The summed E-state index contributed by atoms with van der Waals surface area (Å²) in [7, 11) is 0. The Labute approximate surface area is 190 Å². The van der Waals surface area contributed by atoms with Gasteiger partial charge in [-0.25, -0.2) is 4.39 Å². The van der Waals surface area contributed by atoms with Crippen LogP contribution in [0.5, 0.6) is 0 Å². The predicted octanol–water partition coefficient (Wildman–Crippen LogP) is 5.43. The number of thioether (sulfide) groups is 1. The van der Waals surface area contributed by atoms with E-state index in [4.69, 9.17) is 11.6 Å². The average molecular weight is 471 g/mol. The molecule has 0 bridgehead atoms. The Kier molecular flexibility index (Phi) is 5.52. The summed E-state index contributed by atoms with van der Waals surface area (Å²) in [5.74, 6) is 0.655. The largest absolute Gasteiger partial charge is 0.275 e. The van der Waals surface area contributed by atoms with Gasteiger partial charge >= 0.3 is 0 Å². The molecule has 0 atom stereocenters. The molecule has 31 heavy (non-hydrogen) atoms. The third-order valence-electron chi connectivity index (χ3n) is 5.02. The highest BCUT2D eigenvalue weighted by atomic mass is 35.5. The number of halogens is 2. The van der Waals surface area contributed by atoms with Crippen molar-refractivity contribution in [2.45, 2.75) is 23.9 Å². The first-order valence-corrected chi connectivity index (χ1v) is 11.8. The maximum Gasteiger partial charge on any atom is 0.272 e. The fourth-order valence-corrected chi connectivity index (χ4v) is 5.54. The second-order valence-electron chi connectivity index (χ2n) is 6.97. The summed E-state index contributed by atoms with van der Waals surface area (Å²) in [4.78, 5) is 13.1. The van der Waals surface area contributed by atoms with E-state index in [-0.39, 0.29) is 11.4 Å². The Bertz CT molecular complexity index is 1440. The normalized spacial score (nSPS) is 11.5. The van der Waals surface area contributed by atoms with Crippen LogP contribution in [0, 0.1) is 5.82 Å². The van der Waals surface area contributed by atoms with Gasteiger partial charge < -0.3 is 0 Å². The van der Waals surface area contributed by atoms with E-state index in [1.807, 2.05) is 46.2 Å². The number of benzene rings is 2. The zero-order valence-electron chi connectivity index (χ0n) is 16.2. The van der Waals surface area contributed by atoms with Gasteiger partial charge in [-0.3, -0.25) is 13.8 Å². The molecule has 2 aromatic carbocycles. The first-order valence-electron chi connectivity index (χ1n) is 9.57. The molecule has 5 rings (SSSR count). The van der Waals surface area contributed by atoms with Crippen LogP contribution in [0.1, 0.15) is 11.1 Å². The van der Waals surface area contributed by atoms with Gasteiger partial charge in [-0.15, -0.1) is 21.5 Å². The van der Waals surface area contributed by atoms with Crippen LogP contribution in [-0.2, 0) is 18.7 Å². The molecule has 0 spiro atoms. The second kappa shape index (κ2) is 8.45. The second-order valence-corrected chi connectivity index (χ2v) is 9.24. The molecule has 0 fully saturated rings. The number of hydrogen-bond acceptors (Lipinski definition) is 5. The molecular weight excluding hydrogens is 455 g/mol. The Balaban J connectivity index is 1.53. The fraction of sp³-hybridized carbons (Fsp3) is 0.136. The van der Waals surface area contributed by atoms with Gasteiger partial charge in [0.1, 0.15) is 10.5 Å². The van der Waals surface area contributed by atoms with E-state index < -0.39 is 0 Å². The van der Waals surface area contributed by atoms with E-state index in [2.05, 4.69) is 10.2 Å². The first kappa shape index (κ1) is 20.2. The standard InChI is InChI=1S/C22H16ClFN4OS2/c23-17-12-16(24)7-6-15(17)13-31-22-26-25-21-27(10-8-14-4-2-1-3-5-14)20(29)19-18(28(21)22)9-11-30-19/h1-7,9,11-12H,8,10,13H2. The molecule has 5 aromatic rings. The maximum atomic E-state index is 13.3. The molecule has 156 valence electrons. The first-order chi connectivity index (χ1) is 15.1. The molecule has 0 unspecified atom stereocenters. The molecular formula is C22H16ClFN4OS2. The predicted molar refractivity (Wildman–Crippen MR) is 124 cm³/mol. The Morgan fingerprint density at radius 2 is 1.94 bits per heavy atom. The van der Waals surface area contributed by atoms with Gasteiger partial charge in [0.25, 0.3) is 5.56 Å². The summed E-state index contributed by atoms with van der Waals surface area (Å²) in [5.41, 5.74) is 2.69. The molecule has 3 aromatic heterocycles. The van der Waals surface area contributed by atoms with Gasteiger partial charge in [-0.1, -0.05) is 59.8 Å². The molecule has 3 heterocycles. The van der Waals surface area contributed by atoms with Crippen molar-refractivity contribution in [1.29, 1.82) is 0 Å². The van der Waals surface area contributed by atoms with Gasteiger partial charge in [0.15, 0.2) is 5.16 Å². The lowest BCUT2D eigenvalue weighted by atomic mass is 10.1. The minimum atomic E-state index is -0.367. The smallest absolute Gasteiger partial charge is 0.272 e. The Hall–Kier alpha value is -2.68. The van der Waals surface area contributed by atoms with Crippen molar-refractivity contribution in [1.82, 2.24) is 19.2 Å². The van der Waals surface area contributed by atoms with Gasteiger partial charge in [-0.05, 0) is 41.1 Å². The van der Waals surface area contributed by atoms with Crippen molar-refractivity contribution in [3.8, 4) is 0 Å². The van der Waals surface area contributed by atoms with Crippen molar-refractivity contribution in [3.63, 3.8) is 0 Å². The summed E-state index contributed by atoms with van der Waals surface area (Å²) in [6.07, 6.45) is 0.716. The summed E-state index contributed by atoms with van der Waals surface area (Å²) in [6, 6.07) is 16.3. The average Bonchev–Trinajstić information content (AvgIpc) is 3.41. The van der Waals surface area contributed by atoms with Crippen molar-refractivity contribution in [3.05, 3.63) is 92.3 Å². The van der Waals surface area contributed by atoms with E-state index in [0.717, 1.165) is 16.6 Å². The van der Waals surface area contributed by atoms with Gasteiger partial charge in [-0.2, -0.15) is 0 Å². The highest BCUT2D eigenvalue weighted by molar-refractivity contribution is 7.98. The molecule has 0 N–H and O–H groups in total. The van der Waals surface area contributed by atoms with Crippen LogP contribution in [0.15, 0.2) is 69.9 Å². The molecule has 0 saturated heterocycles. The van der Waals surface area contributed by atoms with Crippen LogP contribution in [0.3, 0.4) is 0 Å². The molecule has 9 heteroatoms. The molecule has 0 radical (unpaired) electrons. The number of rotatable bonds is 6. The topological polar surface area (TPSA) is 52.2 Å². The third kappa shape index (κ3) is 3.86. The van der Waals surface area contributed by atoms with E-state index in [1.54, 1.807) is 10.6 Å². The number of aryl methyl sites for hydroxylation is 2. The third-order valence-corrected chi connectivity index (χ3v) is 7.24. The van der Waals surface area contributed by atoms with E-state index in [9.17, 15) is 9.18 Å². The van der Waals surface area contributed by atoms with E-state index >= 15 is 0 Å². The highest BCUT2D eigenvalue weighted by Crippen LogP contribution is 2.29. The SMILES string of the molecule is O=c1c2sccc2n2c(SCc3ccc(F)cc3Cl)nnc2n1CCc1ccccc1. The minimum Gasteiger partial charge on any atom is -0.275 e. The molecule has 5 nitrogen and oxygen atoms in total. The number of hydrogen-bond donors (Lipinski definition) is 0. The quantitative estimate of drug-likeness (QED) is 0.310. The van der Waals surface area contributed by atoms with Crippen molar-refractivity contribution in [2.75, 3.05) is 0 Å². The lowest BCUT2D eigenvalue weighted by molar-refractivity contribution is 0.627. The molecule has 0 aliphatic heterocycles. The summed E-state index contributed by atoms with van der Waals surface area (Å²) >= 11 is 9.03. The van der Waals surface area contributed by atoms with Crippen LogP contribution in [0.2, 0.25) is 5.02 Å². The Morgan fingerprint density at radius 1 is 1.10 bits per heavy atom. The number of aromatic nitrogens is 4. The van der Waals surface area contributed by atoms with Crippen LogP contribution in [0.25, 0.3) is 16.0 Å². The summed E-state index contributed by atoms with van der Waals surface area (Å²) in [6.45, 7) is 0.507. The van der Waals surface area contributed by atoms with Gasteiger partial charge in [0.05, 0.1) is 5.52 Å². The lowest BCUT2D eigenvalue weighted by Gasteiger charge is -2.10. The maximum absolute atomic E-state index is 13.3. The van der Waals surface area contributed by atoms with E-state index in [0.29, 0.717) is 39.4 Å². The molecule has 0 aliphatic carbocycles. The van der Waals surface area contributed by atoms with Crippen molar-refractivity contribution in [2.24, 2.45) is 0 Å². The van der Waals surface area contributed by atoms with Crippen LogP contribution >= 0.6 is 34.7 Å². The monoisotopic (exact) mass is 470 g/mol. The van der Waals surface area contributed by atoms with Crippen LogP contribution < -0.4 is 5.56 Å². The number of fused-ring (bicyclic) bond motifs is 3. The minimum absolute atomic E-state index is 0.0565. The lowest BCUT2D eigenvalue weighted by Crippen LogP contribution is -2.23. The Morgan fingerprint density at radius 3 is 2.74 bits per heavy atom. The zero-order chi connectivity index (χ0) is 21.4. The fourth-order valence-electron chi connectivity index (χ4n) is 3.46. The van der Waals surface area contributed by atoms with Crippen LogP contribution in [0.4, 0.5) is 4.39 Å². The van der Waals surface area contributed by atoms with E-state index in [1.165, 1.54) is 35.2 Å². The van der Waals surface area contributed by atoms with Crippen LogP contribution in [-0.4, -0.2) is 19.2 Å². The van der Waals surface area contributed by atoms with Gasteiger partial charge in [0.2, 0.25) is 5.78 Å². The molecule has 0 saturated carbocycles. The van der Waals surface area contributed by atoms with Crippen molar-refractivity contribution >= 4 is 50.7 Å².